The summed E-state index contributed by atoms with van der Waals surface area (Å²) in [7, 11) is 1.91. The van der Waals surface area contributed by atoms with Crippen molar-refractivity contribution in [2.75, 3.05) is 19.6 Å². The molecule has 1 saturated carbocycles. The zero-order valence-corrected chi connectivity index (χ0v) is 11.0. The summed E-state index contributed by atoms with van der Waals surface area (Å²) in [4.78, 5) is 11.5. The number of nitrogens with one attached hydrogen (secondary N) is 2. The summed E-state index contributed by atoms with van der Waals surface area (Å²) in [6.45, 7) is 2.17. The van der Waals surface area contributed by atoms with Crippen LogP contribution in [-0.4, -0.2) is 35.3 Å². The molecular weight excluding hydrogens is 228 g/mol. The lowest BCUT2D eigenvalue weighted by molar-refractivity contribution is -0.120. The lowest BCUT2D eigenvalue weighted by Gasteiger charge is -2.05. The first-order valence-corrected chi connectivity index (χ1v) is 6.69. The Labute approximate surface area is 108 Å². The molecule has 0 bridgehead atoms. The predicted octanol–water partition coefficient (Wildman–Crippen LogP) is 0.469. The van der Waals surface area contributed by atoms with Crippen molar-refractivity contribution in [3.05, 3.63) is 18.0 Å². The standard InChI is InChI=1S/C13H22N4O/c1-17-10-12(8-16-17)3-2-6-15-13(18)9-14-7-11-4-5-11/h8,10-11,14H,2-7,9H2,1H3,(H,15,18). The highest BCUT2D eigenvalue weighted by Gasteiger charge is 2.20. The fourth-order valence-corrected chi connectivity index (χ4v) is 1.90. The molecule has 1 fully saturated rings. The van der Waals surface area contributed by atoms with Crippen molar-refractivity contribution in [3.8, 4) is 0 Å². The average molecular weight is 250 g/mol. The number of hydrogen-bond donors (Lipinski definition) is 2. The third-order valence-corrected chi connectivity index (χ3v) is 3.14. The molecule has 5 nitrogen and oxygen atoms in total. The Hall–Kier alpha value is -1.36. The largest absolute Gasteiger partial charge is 0.355 e. The highest BCUT2D eigenvalue weighted by atomic mass is 16.1. The van der Waals surface area contributed by atoms with E-state index in [2.05, 4.69) is 15.7 Å². The molecule has 0 spiro atoms. The van der Waals surface area contributed by atoms with E-state index in [4.69, 9.17) is 0 Å². The van der Waals surface area contributed by atoms with Gasteiger partial charge in [-0.1, -0.05) is 0 Å². The van der Waals surface area contributed by atoms with Gasteiger partial charge in [-0.15, -0.1) is 0 Å². The maximum absolute atomic E-state index is 11.5. The zero-order chi connectivity index (χ0) is 12.8. The van der Waals surface area contributed by atoms with Gasteiger partial charge in [-0.05, 0) is 43.7 Å². The minimum atomic E-state index is 0.0989. The summed E-state index contributed by atoms with van der Waals surface area (Å²) >= 11 is 0. The smallest absolute Gasteiger partial charge is 0.233 e. The van der Waals surface area contributed by atoms with Crippen molar-refractivity contribution < 1.29 is 4.79 Å². The second-order valence-corrected chi connectivity index (χ2v) is 5.05. The number of carbonyl (C=O) groups excluding carboxylic acids is 1. The van der Waals surface area contributed by atoms with Crippen LogP contribution < -0.4 is 10.6 Å². The molecule has 0 aliphatic heterocycles. The molecule has 100 valence electrons. The molecule has 5 heteroatoms. The molecule has 1 aliphatic rings. The SMILES string of the molecule is Cn1cc(CCCNC(=O)CNCC2CC2)cn1. The van der Waals surface area contributed by atoms with Crippen LogP contribution in [0.2, 0.25) is 0 Å². The first-order valence-electron chi connectivity index (χ1n) is 6.69. The molecule has 0 unspecified atom stereocenters. The third kappa shape index (κ3) is 4.87. The lowest BCUT2D eigenvalue weighted by atomic mass is 10.2. The first-order chi connectivity index (χ1) is 8.74. The summed E-state index contributed by atoms with van der Waals surface area (Å²) < 4.78 is 1.80. The van der Waals surface area contributed by atoms with E-state index in [9.17, 15) is 4.79 Å². The quantitative estimate of drug-likeness (QED) is 0.659. The minimum Gasteiger partial charge on any atom is -0.355 e. The van der Waals surface area contributed by atoms with Gasteiger partial charge in [0, 0.05) is 19.8 Å². The molecule has 2 N–H and O–H groups in total. The number of amides is 1. The predicted molar refractivity (Wildman–Crippen MR) is 70.1 cm³/mol. The van der Waals surface area contributed by atoms with Crippen LogP contribution in [0.4, 0.5) is 0 Å². The van der Waals surface area contributed by atoms with Gasteiger partial charge in [0.2, 0.25) is 5.91 Å². The Morgan fingerprint density at radius 1 is 1.56 bits per heavy atom. The second-order valence-electron chi connectivity index (χ2n) is 5.05. The molecule has 2 rings (SSSR count). The lowest BCUT2D eigenvalue weighted by Crippen LogP contribution is -2.35. The number of aryl methyl sites for hydroxylation is 2. The maximum Gasteiger partial charge on any atom is 0.233 e. The number of hydrogen-bond acceptors (Lipinski definition) is 3. The van der Waals surface area contributed by atoms with Crippen molar-refractivity contribution in [2.24, 2.45) is 13.0 Å². The van der Waals surface area contributed by atoms with E-state index in [1.807, 2.05) is 19.4 Å². The van der Waals surface area contributed by atoms with Crippen LogP contribution in [-0.2, 0) is 18.3 Å². The van der Waals surface area contributed by atoms with Crippen LogP contribution in [0.3, 0.4) is 0 Å². The third-order valence-electron chi connectivity index (χ3n) is 3.14. The molecule has 0 atom stereocenters. The molecule has 1 amide bonds. The Morgan fingerprint density at radius 3 is 3.06 bits per heavy atom. The van der Waals surface area contributed by atoms with Crippen LogP contribution in [0, 0.1) is 5.92 Å². The van der Waals surface area contributed by atoms with Crippen LogP contribution in [0.15, 0.2) is 12.4 Å². The van der Waals surface area contributed by atoms with E-state index in [0.29, 0.717) is 6.54 Å². The van der Waals surface area contributed by atoms with Crippen molar-refractivity contribution in [2.45, 2.75) is 25.7 Å². The van der Waals surface area contributed by atoms with Crippen molar-refractivity contribution in [1.82, 2.24) is 20.4 Å². The summed E-state index contributed by atoms with van der Waals surface area (Å²) in [6, 6.07) is 0. The Kier molecular flexibility index (Phi) is 4.75. The van der Waals surface area contributed by atoms with E-state index in [-0.39, 0.29) is 5.91 Å². The first kappa shape index (κ1) is 13.1. The highest BCUT2D eigenvalue weighted by molar-refractivity contribution is 5.77. The minimum absolute atomic E-state index is 0.0989. The van der Waals surface area contributed by atoms with E-state index in [1.165, 1.54) is 18.4 Å². The Balaban J connectivity index is 1.47. The van der Waals surface area contributed by atoms with Gasteiger partial charge in [-0.3, -0.25) is 9.48 Å². The monoisotopic (exact) mass is 250 g/mol. The molecule has 1 aliphatic carbocycles. The van der Waals surface area contributed by atoms with Gasteiger partial charge in [0.1, 0.15) is 0 Å². The van der Waals surface area contributed by atoms with Gasteiger partial charge in [0.25, 0.3) is 0 Å². The number of rotatable bonds is 8. The fraction of sp³-hybridized carbons (Fsp3) is 0.692. The molecule has 1 aromatic rings. The van der Waals surface area contributed by atoms with Gasteiger partial charge < -0.3 is 10.6 Å². The normalized spacial score (nSPS) is 14.7. The Bertz CT molecular complexity index is 384. The summed E-state index contributed by atoms with van der Waals surface area (Å²) in [5, 5.41) is 10.2. The summed E-state index contributed by atoms with van der Waals surface area (Å²) in [5.41, 5.74) is 1.22. The number of carbonyl (C=O) groups is 1. The van der Waals surface area contributed by atoms with E-state index >= 15 is 0 Å². The number of aromatic nitrogens is 2. The molecule has 18 heavy (non-hydrogen) atoms. The van der Waals surface area contributed by atoms with E-state index in [0.717, 1.165) is 31.8 Å². The number of nitrogens with zero attached hydrogens (tertiary/aromatic N) is 2. The molecular formula is C13H22N4O. The zero-order valence-electron chi connectivity index (χ0n) is 11.0. The molecule has 0 radical (unpaired) electrons. The topological polar surface area (TPSA) is 59.0 Å². The van der Waals surface area contributed by atoms with Crippen LogP contribution in [0.25, 0.3) is 0 Å². The molecule has 0 aromatic carbocycles. The maximum atomic E-state index is 11.5. The molecule has 1 aromatic heterocycles. The van der Waals surface area contributed by atoms with Crippen molar-refractivity contribution in [1.29, 1.82) is 0 Å². The van der Waals surface area contributed by atoms with Crippen molar-refractivity contribution >= 4 is 5.91 Å². The van der Waals surface area contributed by atoms with Crippen LogP contribution >= 0.6 is 0 Å². The van der Waals surface area contributed by atoms with E-state index in [1.54, 1.807) is 4.68 Å². The van der Waals surface area contributed by atoms with Crippen LogP contribution in [0.1, 0.15) is 24.8 Å². The Morgan fingerprint density at radius 2 is 2.39 bits per heavy atom. The van der Waals surface area contributed by atoms with Gasteiger partial charge in [0.05, 0.1) is 12.7 Å². The van der Waals surface area contributed by atoms with Crippen molar-refractivity contribution in [3.63, 3.8) is 0 Å². The van der Waals surface area contributed by atoms with Gasteiger partial charge in [-0.25, -0.2) is 0 Å². The van der Waals surface area contributed by atoms with Crippen LogP contribution in [0.5, 0.6) is 0 Å². The van der Waals surface area contributed by atoms with E-state index < -0.39 is 0 Å². The fourth-order valence-electron chi connectivity index (χ4n) is 1.90. The second kappa shape index (κ2) is 6.54. The summed E-state index contributed by atoms with van der Waals surface area (Å²) in [5.74, 6) is 0.921. The average Bonchev–Trinajstić information content (AvgIpc) is 3.07. The molecule has 1 heterocycles. The summed E-state index contributed by atoms with van der Waals surface area (Å²) in [6.07, 6.45) is 8.45. The van der Waals surface area contributed by atoms with Gasteiger partial charge >= 0.3 is 0 Å². The molecule has 0 saturated heterocycles. The van der Waals surface area contributed by atoms with Gasteiger partial charge in [-0.2, -0.15) is 5.10 Å². The van der Waals surface area contributed by atoms with Gasteiger partial charge in [0.15, 0.2) is 0 Å². The highest BCUT2D eigenvalue weighted by Crippen LogP contribution is 2.27.